The molecule has 4 nitrogen and oxygen atoms in total. The fourth-order valence-electron chi connectivity index (χ4n) is 1.81. The molecule has 17 heavy (non-hydrogen) atoms. The van der Waals surface area contributed by atoms with Crippen molar-refractivity contribution in [3.05, 3.63) is 0 Å². The second-order valence-corrected chi connectivity index (χ2v) is 5.55. The number of likely N-dealkylation sites (N-methyl/N-ethyl adjacent to an activating group) is 2. The normalized spacial score (nSPS) is 13.2. The van der Waals surface area contributed by atoms with E-state index in [9.17, 15) is 4.79 Å². The molecule has 0 saturated carbocycles. The monoisotopic (exact) mass is 243 g/mol. The van der Waals surface area contributed by atoms with Gasteiger partial charge >= 0.3 is 0 Å². The van der Waals surface area contributed by atoms with E-state index in [-0.39, 0.29) is 5.91 Å². The van der Waals surface area contributed by atoms with E-state index in [1.165, 1.54) is 0 Å². The maximum absolute atomic E-state index is 12.0. The maximum atomic E-state index is 12.0. The van der Waals surface area contributed by atoms with E-state index >= 15 is 0 Å². The number of amides is 1. The van der Waals surface area contributed by atoms with Crippen molar-refractivity contribution in [2.75, 3.05) is 40.8 Å². The van der Waals surface area contributed by atoms with Crippen molar-refractivity contribution in [3.8, 4) is 0 Å². The summed E-state index contributed by atoms with van der Waals surface area (Å²) in [4.78, 5) is 15.8. The van der Waals surface area contributed by atoms with Gasteiger partial charge in [0.05, 0.1) is 0 Å². The second kappa shape index (κ2) is 8.48. The van der Waals surface area contributed by atoms with Crippen molar-refractivity contribution in [1.29, 1.82) is 0 Å². The van der Waals surface area contributed by atoms with Gasteiger partial charge in [-0.3, -0.25) is 4.79 Å². The van der Waals surface area contributed by atoms with Crippen LogP contribution in [0.4, 0.5) is 0 Å². The van der Waals surface area contributed by atoms with E-state index in [0.29, 0.717) is 24.8 Å². The summed E-state index contributed by atoms with van der Waals surface area (Å²) in [6.45, 7) is 6.63. The van der Waals surface area contributed by atoms with Crippen molar-refractivity contribution in [3.63, 3.8) is 0 Å². The minimum absolute atomic E-state index is 0.211. The van der Waals surface area contributed by atoms with Crippen LogP contribution in [-0.4, -0.2) is 56.5 Å². The van der Waals surface area contributed by atoms with Gasteiger partial charge in [-0.05, 0) is 38.9 Å². The number of carbonyl (C=O) groups is 1. The summed E-state index contributed by atoms with van der Waals surface area (Å²) >= 11 is 0. The van der Waals surface area contributed by atoms with E-state index in [4.69, 9.17) is 5.73 Å². The molecule has 0 fully saturated rings. The molecule has 2 N–H and O–H groups in total. The first-order chi connectivity index (χ1) is 7.86. The van der Waals surface area contributed by atoms with Gasteiger partial charge in [0.25, 0.3) is 0 Å². The molecule has 1 atom stereocenters. The molecule has 0 aromatic rings. The molecule has 0 aliphatic rings. The van der Waals surface area contributed by atoms with Gasteiger partial charge < -0.3 is 15.5 Å². The van der Waals surface area contributed by atoms with E-state index in [2.05, 4.69) is 18.7 Å². The van der Waals surface area contributed by atoms with Gasteiger partial charge in [0.1, 0.15) is 0 Å². The lowest BCUT2D eigenvalue weighted by Gasteiger charge is -2.23. The Morgan fingerprint density at radius 2 is 1.76 bits per heavy atom. The Balaban J connectivity index is 4.03. The Kier molecular flexibility index (Phi) is 8.17. The average Bonchev–Trinajstić information content (AvgIpc) is 2.23. The van der Waals surface area contributed by atoms with Crippen LogP contribution in [0.15, 0.2) is 0 Å². The summed E-state index contributed by atoms with van der Waals surface area (Å²) in [5.74, 6) is 1.13. The Bertz CT molecular complexity index is 217. The number of nitrogens with zero attached hydrogens (tertiary/aromatic N) is 2. The SMILES string of the molecule is CC(C)C[C@H](CN)CC(=O)N(C)CCN(C)C. The molecule has 102 valence electrons. The van der Waals surface area contributed by atoms with Crippen LogP contribution in [0.2, 0.25) is 0 Å². The van der Waals surface area contributed by atoms with Crippen molar-refractivity contribution in [2.24, 2.45) is 17.6 Å². The van der Waals surface area contributed by atoms with E-state index in [1.807, 2.05) is 26.0 Å². The largest absolute Gasteiger partial charge is 0.344 e. The molecular formula is C13H29N3O. The first kappa shape index (κ1) is 16.4. The predicted octanol–water partition coefficient (Wildman–Crippen LogP) is 1.02. The highest BCUT2D eigenvalue weighted by atomic mass is 16.2. The number of carbonyl (C=O) groups excluding carboxylic acids is 1. The minimum atomic E-state index is 0.211. The van der Waals surface area contributed by atoms with Gasteiger partial charge in [0, 0.05) is 26.6 Å². The van der Waals surface area contributed by atoms with Gasteiger partial charge in [-0.2, -0.15) is 0 Å². The fourth-order valence-corrected chi connectivity index (χ4v) is 1.81. The highest BCUT2D eigenvalue weighted by molar-refractivity contribution is 5.76. The topological polar surface area (TPSA) is 49.6 Å². The molecule has 0 unspecified atom stereocenters. The summed E-state index contributed by atoms with van der Waals surface area (Å²) in [5, 5.41) is 0. The highest BCUT2D eigenvalue weighted by Gasteiger charge is 2.16. The molecule has 0 radical (unpaired) electrons. The molecule has 0 rings (SSSR count). The quantitative estimate of drug-likeness (QED) is 0.692. The Morgan fingerprint density at radius 1 is 1.18 bits per heavy atom. The molecule has 0 aliphatic heterocycles. The van der Waals surface area contributed by atoms with Crippen LogP contribution in [0.1, 0.15) is 26.7 Å². The van der Waals surface area contributed by atoms with Gasteiger partial charge in [-0.1, -0.05) is 13.8 Å². The zero-order valence-corrected chi connectivity index (χ0v) is 12.1. The van der Waals surface area contributed by atoms with Crippen LogP contribution < -0.4 is 5.73 Å². The molecule has 0 spiro atoms. The van der Waals surface area contributed by atoms with Crippen molar-refractivity contribution >= 4 is 5.91 Å². The highest BCUT2D eigenvalue weighted by Crippen LogP contribution is 2.15. The lowest BCUT2D eigenvalue weighted by atomic mass is 9.94. The van der Waals surface area contributed by atoms with Crippen molar-refractivity contribution in [1.82, 2.24) is 9.80 Å². The summed E-state index contributed by atoms with van der Waals surface area (Å²) < 4.78 is 0. The van der Waals surface area contributed by atoms with Crippen LogP contribution in [0.5, 0.6) is 0 Å². The summed E-state index contributed by atoms with van der Waals surface area (Å²) in [7, 11) is 5.90. The van der Waals surface area contributed by atoms with Crippen LogP contribution in [0.25, 0.3) is 0 Å². The molecule has 0 aromatic heterocycles. The standard InChI is InChI=1S/C13H29N3O/c1-11(2)8-12(10-14)9-13(17)16(5)7-6-15(3)4/h11-12H,6-10,14H2,1-5H3/t12-/m0/s1. The van der Waals surface area contributed by atoms with Crippen molar-refractivity contribution in [2.45, 2.75) is 26.7 Å². The first-order valence-corrected chi connectivity index (χ1v) is 6.45. The molecule has 0 aromatic carbocycles. The molecule has 0 heterocycles. The molecular weight excluding hydrogens is 214 g/mol. The van der Waals surface area contributed by atoms with E-state index < -0.39 is 0 Å². The van der Waals surface area contributed by atoms with Crippen LogP contribution in [0, 0.1) is 11.8 Å². The van der Waals surface area contributed by atoms with Crippen molar-refractivity contribution < 1.29 is 4.79 Å². The third-order valence-corrected chi connectivity index (χ3v) is 2.91. The lowest BCUT2D eigenvalue weighted by molar-refractivity contribution is -0.131. The molecule has 0 aliphatic carbocycles. The number of rotatable bonds is 8. The molecule has 0 saturated heterocycles. The zero-order valence-electron chi connectivity index (χ0n) is 12.1. The van der Waals surface area contributed by atoms with Gasteiger partial charge in [0.2, 0.25) is 5.91 Å². The van der Waals surface area contributed by atoms with Gasteiger partial charge in [0.15, 0.2) is 0 Å². The summed E-state index contributed by atoms with van der Waals surface area (Å²) in [5.41, 5.74) is 5.71. The predicted molar refractivity (Wildman–Crippen MR) is 72.8 cm³/mol. The third-order valence-electron chi connectivity index (χ3n) is 2.91. The maximum Gasteiger partial charge on any atom is 0.222 e. The van der Waals surface area contributed by atoms with Gasteiger partial charge in [-0.15, -0.1) is 0 Å². The molecule has 1 amide bonds. The Hall–Kier alpha value is -0.610. The Labute approximate surface area is 106 Å². The summed E-state index contributed by atoms with van der Waals surface area (Å²) in [6, 6.07) is 0. The fraction of sp³-hybridized carbons (Fsp3) is 0.923. The van der Waals surface area contributed by atoms with Gasteiger partial charge in [-0.25, -0.2) is 0 Å². The molecule has 0 bridgehead atoms. The summed E-state index contributed by atoms with van der Waals surface area (Å²) in [6.07, 6.45) is 1.61. The number of nitrogens with two attached hydrogens (primary N) is 1. The third kappa shape index (κ3) is 8.16. The second-order valence-electron chi connectivity index (χ2n) is 5.55. The number of hydrogen-bond acceptors (Lipinski definition) is 3. The van der Waals surface area contributed by atoms with Crippen LogP contribution in [-0.2, 0) is 4.79 Å². The zero-order chi connectivity index (χ0) is 13.4. The Morgan fingerprint density at radius 3 is 2.18 bits per heavy atom. The van der Waals surface area contributed by atoms with Crippen LogP contribution >= 0.6 is 0 Å². The van der Waals surface area contributed by atoms with E-state index in [1.54, 1.807) is 0 Å². The minimum Gasteiger partial charge on any atom is -0.344 e. The average molecular weight is 243 g/mol. The number of hydrogen-bond donors (Lipinski definition) is 1. The van der Waals surface area contributed by atoms with E-state index in [0.717, 1.165) is 19.5 Å². The molecule has 4 heteroatoms. The first-order valence-electron chi connectivity index (χ1n) is 6.45. The van der Waals surface area contributed by atoms with Crippen LogP contribution in [0.3, 0.4) is 0 Å². The lowest BCUT2D eigenvalue weighted by Crippen LogP contribution is -2.35. The smallest absolute Gasteiger partial charge is 0.222 e.